The molecule has 0 aliphatic heterocycles. The van der Waals surface area contributed by atoms with Crippen molar-refractivity contribution < 1.29 is 17.9 Å². The monoisotopic (exact) mass is 475 g/mol. The Morgan fingerprint density at radius 1 is 1.12 bits per heavy atom. The first-order valence-corrected chi connectivity index (χ1v) is 12.8. The van der Waals surface area contributed by atoms with Crippen molar-refractivity contribution in [2.24, 2.45) is 4.99 Å². The number of benzene rings is 2. The van der Waals surface area contributed by atoms with E-state index >= 15 is 0 Å². The molecule has 3 aromatic rings. The van der Waals surface area contributed by atoms with E-state index < -0.39 is 15.9 Å². The van der Waals surface area contributed by atoms with Gasteiger partial charge in [0.2, 0.25) is 10.0 Å². The fourth-order valence-corrected chi connectivity index (χ4v) is 6.19. The number of fused-ring (bicyclic) bond motifs is 1. The average molecular weight is 476 g/mol. The minimum absolute atomic E-state index is 0.167. The Bertz CT molecular complexity index is 1290. The van der Waals surface area contributed by atoms with Gasteiger partial charge in [-0.05, 0) is 55.3 Å². The topological polar surface area (TPSA) is 81.0 Å². The van der Waals surface area contributed by atoms with Crippen molar-refractivity contribution in [2.45, 2.75) is 39.1 Å². The van der Waals surface area contributed by atoms with E-state index in [1.54, 1.807) is 21.0 Å². The zero-order chi connectivity index (χ0) is 23.5. The molecule has 0 atom stereocenters. The van der Waals surface area contributed by atoms with E-state index in [1.807, 2.05) is 18.4 Å². The van der Waals surface area contributed by atoms with Gasteiger partial charge in [-0.25, -0.2) is 8.42 Å². The second-order valence-corrected chi connectivity index (χ2v) is 10.4. The Balaban J connectivity index is 2.02. The number of hydrogen-bond acceptors (Lipinski definition) is 5. The van der Waals surface area contributed by atoms with Crippen molar-refractivity contribution in [1.29, 1.82) is 0 Å². The van der Waals surface area contributed by atoms with Gasteiger partial charge in [0.05, 0.1) is 21.7 Å². The Hall–Kier alpha value is -2.33. The lowest BCUT2D eigenvalue weighted by molar-refractivity contribution is 0.0997. The highest BCUT2D eigenvalue weighted by Crippen LogP contribution is 2.24. The predicted octanol–water partition coefficient (Wildman–Crippen LogP) is 3.74. The highest BCUT2D eigenvalue weighted by molar-refractivity contribution is 7.89. The van der Waals surface area contributed by atoms with Gasteiger partial charge in [0.1, 0.15) is 0 Å². The molecular formula is C23H29N3O4S2. The van der Waals surface area contributed by atoms with Gasteiger partial charge in [0, 0.05) is 32.3 Å². The fraction of sp³-hybridized carbons (Fsp3) is 0.391. The van der Waals surface area contributed by atoms with Crippen molar-refractivity contribution in [1.82, 2.24) is 8.87 Å². The van der Waals surface area contributed by atoms with Crippen LogP contribution in [0.1, 0.15) is 35.3 Å². The molecule has 0 aliphatic rings. The first kappa shape index (κ1) is 24.3. The number of carbonyl (C=O) groups excluding carboxylic acids is 1. The van der Waals surface area contributed by atoms with E-state index in [0.717, 1.165) is 21.3 Å². The molecule has 0 N–H and O–H groups in total. The predicted molar refractivity (Wildman–Crippen MR) is 128 cm³/mol. The highest BCUT2D eigenvalue weighted by Gasteiger charge is 2.21. The third-order valence-corrected chi connectivity index (χ3v) is 8.57. The minimum Gasteiger partial charge on any atom is -0.383 e. The van der Waals surface area contributed by atoms with Gasteiger partial charge < -0.3 is 9.30 Å². The van der Waals surface area contributed by atoms with E-state index in [9.17, 15) is 13.2 Å². The summed E-state index contributed by atoms with van der Waals surface area (Å²) in [5, 5.41) is 0. The summed E-state index contributed by atoms with van der Waals surface area (Å²) in [6.07, 6.45) is 0. The van der Waals surface area contributed by atoms with Gasteiger partial charge in [-0.15, -0.1) is 0 Å². The number of aromatic nitrogens is 1. The number of aryl methyl sites for hydroxylation is 2. The lowest BCUT2D eigenvalue weighted by Gasteiger charge is -2.18. The molecule has 0 fully saturated rings. The molecule has 0 bridgehead atoms. The summed E-state index contributed by atoms with van der Waals surface area (Å²) in [5.74, 6) is -0.413. The Labute approximate surface area is 193 Å². The molecule has 1 aromatic heterocycles. The Morgan fingerprint density at radius 3 is 2.38 bits per heavy atom. The number of methoxy groups -OCH3 is 1. The molecule has 32 heavy (non-hydrogen) atoms. The third-order valence-electron chi connectivity index (χ3n) is 5.28. The van der Waals surface area contributed by atoms with Crippen LogP contribution in [0.25, 0.3) is 10.2 Å². The summed E-state index contributed by atoms with van der Waals surface area (Å²) >= 11 is 1.47. The second-order valence-electron chi connectivity index (χ2n) is 7.49. The fourth-order valence-electron chi connectivity index (χ4n) is 3.63. The van der Waals surface area contributed by atoms with Crippen LogP contribution in [-0.2, 0) is 21.3 Å². The van der Waals surface area contributed by atoms with Crippen LogP contribution in [0.15, 0.2) is 46.3 Å². The molecule has 1 heterocycles. The van der Waals surface area contributed by atoms with E-state index in [0.29, 0.717) is 36.6 Å². The van der Waals surface area contributed by atoms with E-state index in [4.69, 9.17) is 4.74 Å². The smallest absolute Gasteiger partial charge is 0.279 e. The zero-order valence-corrected chi connectivity index (χ0v) is 20.7. The standard InChI is InChI=1S/C23H29N3O4S2/c1-6-25(7-2)32(28,29)19-10-8-18(9-11-19)22(27)24-23-26(12-13-30-5)20-15-16(3)14-17(4)21(20)31-23/h8-11,14-15H,6-7,12-13H2,1-5H3. The molecule has 1 amide bonds. The Kier molecular flexibility index (Phi) is 7.66. The first-order valence-electron chi connectivity index (χ1n) is 10.5. The van der Waals surface area contributed by atoms with E-state index in [-0.39, 0.29) is 4.90 Å². The van der Waals surface area contributed by atoms with Crippen molar-refractivity contribution >= 4 is 37.5 Å². The minimum atomic E-state index is -3.57. The molecule has 2 aromatic carbocycles. The lowest BCUT2D eigenvalue weighted by Crippen LogP contribution is -2.30. The second kappa shape index (κ2) is 10.1. The molecule has 0 spiro atoms. The van der Waals surface area contributed by atoms with Gasteiger partial charge in [-0.1, -0.05) is 31.3 Å². The quantitative estimate of drug-likeness (QED) is 0.497. The van der Waals surface area contributed by atoms with Crippen molar-refractivity contribution in [3.05, 3.63) is 57.9 Å². The number of sulfonamides is 1. The molecular weight excluding hydrogens is 446 g/mol. The van der Waals surface area contributed by atoms with Crippen LogP contribution in [0.4, 0.5) is 0 Å². The summed E-state index contributed by atoms with van der Waals surface area (Å²) in [4.78, 5) is 18.0. The summed E-state index contributed by atoms with van der Waals surface area (Å²) in [6, 6.07) is 10.2. The SMILES string of the molecule is CCN(CC)S(=O)(=O)c1ccc(C(=O)N=c2sc3c(C)cc(C)cc3n2CCOC)cc1. The van der Waals surface area contributed by atoms with Gasteiger partial charge >= 0.3 is 0 Å². The summed E-state index contributed by atoms with van der Waals surface area (Å²) in [6.45, 7) is 9.54. The van der Waals surface area contributed by atoms with E-state index in [1.165, 1.54) is 39.9 Å². The molecule has 0 saturated carbocycles. The number of rotatable bonds is 8. The van der Waals surface area contributed by atoms with Crippen molar-refractivity contribution in [3.8, 4) is 0 Å². The molecule has 7 nitrogen and oxygen atoms in total. The lowest BCUT2D eigenvalue weighted by atomic mass is 10.1. The van der Waals surface area contributed by atoms with Gasteiger partial charge in [0.25, 0.3) is 5.91 Å². The number of amides is 1. The molecule has 0 aliphatic carbocycles. The number of carbonyl (C=O) groups is 1. The van der Waals surface area contributed by atoms with Gasteiger partial charge in [0.15, 0.2) is 4.80 Å². The summed E-state index contributed by atoms with van der Waals surface area (Å²) in [5.41, 5.74) is 3.64. The molecule has 0 unspecified atom stereocenters. The molecule has 0 radical (unpaired) electrons. The van der Waals surface area contributed by atoms with Crippen molar-refractivity contribution in [2.75, 3.05) is 26.8 Å². The maximum Gasteiger partial charge on any atom is 0.279 e. The number of ether oxygens (including phenoxy) is 1. The average Bonchev–Trinajstić information content (AvgIpc) is 3.10. The van der Waals surface area contributed by atoms with Gasteiger partial charge in [-0.3, -0.25) is 4.79 Å². The van der Waals surface area contributed by atoms with Crippen LogP contribution in [-0.4, -0.2) is 50.0 Å². The molecule has 9 heteroatoms. The largest absolute Gasteiger partial charge is 0.383 e. The maximum atomic E-state index is 12.9. The zero-order valence-electron chi connectivity index (χ0n) is 19.1. The van der Waals surface area contributed by atoms with Crippen molar-refractivity contribution in [3.63, 3.8) is 0 Å². The number of nitrogens with zero attached hydrogens (tertiary/aromatic N) is 3. The first-order chi connectivity index (χ1) is 15.2. The van der Waals surface area contributed by atoms with Crippen LogP contribution in [0.3, 0.4) is 0 Å². The molecule has 172 valence electrons. The van der Waals surface area contributed by atoms with Crippen LogP contribution >= 0.6 is 11.3 Å². The van der Waals surface area contributed by atoms with E-state index in [2.05, 4.69) is 17.1 Å². The highest BCUT2D eigenvalue weighted by atomic mass is 32.2. The normalized spacial score (nSPS) is 12.8. The van der Waals surface area contributed by atoms with Crippen LogP contribution in [0.5, 0.6) is 0 Å². The molecule has 0 saturated heterocycles. The maximum absolute atomic E-state index is 12.9. The Morgan fingerprint density at radius 2 is 1.78 bits per heavy atom. The number of hydrogen-bond donors (Lipinski definition) is 0. The summed E-state index contributed by atoms with van der Waals surface area (Å²) < 4.78 is 35.1. The van der Waals surface area contributed by atoms with Crippen LogP contribution < -0.4 is 4.80 Å². The summed E-state index contributed by atoms with van der Waals surface area (Å²) in [7, 11) is -1.93. The number of thiazole rings is 1. The van der Waals surface area contributed by atoms with Crippen LogP contribution in [0, 0.1) is 13.8 Å². The molecule has 3 rings (SSSR count). The third kappa shape index (κ3) is 4.85. The van der Waals surface area contributed by atoms with Crippen LogP contribution in [0.2, 0.25) is 0 Å². The van der Waals surface area contributed by atoms with Gasteiger partial charge in [-0.2, -0.15) is 9.30 Å².